The van der Waals surface area contributed by atoms with Crippen LogP contribution in [0.25, 0.3) is 0 Å². The number of hydrogen-bond acceptors (Lipinski definition) is 5. The Hall–Kier alpha value is -2.01. The Labute approximate surface area is 138 Å². The molecule has 126 valence electrons. The number of aromatic nitrogens is 1. The molecule has 0 aliphatic carbocycles. The number of aryl methyl sites for hydroxylation is 1. The van der Waals surface area contributed by atoms with Gasteiger partial charge in [0.2, 0.25) is 5.89 Å². The van der Waals surface area contributed by atoms with Gasteiger partial charge in [0.1, 0.15) is 17.3 Å². The molecule has 0 radical (unpaired) electrons. The molecule has 0 bridgehead atoms. The van der Waals surface area contributed by atoms with Gasteiger partial charge in [-0.1, -0.05) is 0 Å². The minimum atomic E-state index is -0.0452. The van der Waals surface area contributed by atoms with Gasteiger partial charge in [0.25, 0.3) is 0 Å². The van der Waals surface area contributed by atoms with E-state index < -0.39 is 0 Å². The van der Waals surface area contributed by atoms with Crippen molar-refractivity contribution in [1.82, 2.24) is 9.88 Å². The molecular formula is C18H26N2O3. The quantitative estimate of drug-likeness (QED) is 0.811. The molecule has 0 saturated heterocycles. The summed E-state index contributed by atoms with van der Waals surface area (Å²) in [5, 5.41) is 0. The van der Waals surface area contributed by atoms with Crippen LogP contribution in [0.5, 0.6) is 11.5 Å². The third kappa shape index (κ3) is 4.48. The number of hydrogen-bond donors (Lipinski definition) is 0. The zero-order valence-corrected chi connectivity index (χ0v) is 14.8. The zero-order chi connectivity index (χ0) is 17.0. The van der Waals surface area contributed by atoms with Crippen LogP contribution in [0.15, 0.2) is 28.8 Å². The average molecular weight is 318 g/mol. The van der Waals surface area contributed by atoms with Gasteiger partial charge >= 0.3 is 0 Å². The summed E-state index contributed by atoms with van der Waals surface area (Å²) in [4.78, 5) is 6.62. The maximum Gasteiger partial charge on any atom is 0.208 e. The highest BCUT2D eigenvalue weighted by Crippen LogP contribution is 2.28. The van der Waals surface area contributed by atoms with E-state index in [1.807, 2.05) is 25.1 Å². The summed E-state index contributed by atoms with van der Waals surface area (Å²) in [6.07, 6.45) is 1.75. The average Bonchev–Trinajstić information content (AvgIpc) is 2.90. The van der Waals surface area contributed by atoms with Gasteiger partial charge in [-0.25, -0.2) is 4.98 Å². The van der Waals surface area contributed by atoms with Gasteiger partial charge in [-0.3, -0.25) is 4.90 Å². The molecule has 0 atom stereocenters. The van der Waals surface area contributed by atoms with E-state index in [4.69, 9.17) is 13.9 Å². The topological polar surface area (TPSA) is 47.7 Å². The molecule has 0 aliphatic rings. The first-order chi connectivity index (χ1) is 10.8. The number of benzene rings is 1. The van der Waals surface area contributed by atoms with Gasteiger partial charge < -0.3 is 13.9 Å². The molecule has 0 N–H and O–H groups in total. The molecule has 0 spiro atoms. The minimum absolute atomic E-state index is 0.0452. The summed E-state index contributed by atoms with van der Waals surface area (Å²) >= 11 is 0. The Morgan fingerprint density at radius 1 is 1.13 bits per heavy atom. The lowest BCUT2D eigenvalue weighted by Crippen LogP contribution is -2.40. The highest BCUT2D eigenvalue weighted by atomic mass is 16.5. The van der Waals surface area contributed by atoms with Gasteiger partial charge in [-0.05, 0) is 45.9 Å². The van der Waals surface area contributed by atoms with Crippen molar-refractivity contribution in [2.45, 2.75) is 46.3 Å². The molecule has 0 fully saturated rings. The maximum atomic E-state index is 5.64. The van der Waals surface area contributed by atoms with Crippen molar-refractivity contribution in [2.24, 2.45) is 0 Å². The second-order valence-corrected chi connectivity index (χ2v) is 6.57. The fraction of sp³-hybridized carbons (Fsp3) is 0.500. The lowest BCUT2D eigenvalue weighted by Gasteiger charge is -2.35. The lowest BCUT2D eigenvalue weighted by molar-refractivity contribution is 0.105. The molecule has 5 heteroatoms. The summed E-state index contributed by atoms with van der Waals surface area (Å²) in [5.74, 6) is 3.22. The van der Waals surface area contributed by atoms with E-state index in [0.29, 0.717) is 13.1 Å². The third-order valence-corrected chi connectivity index (χ3v) is 3.79. The highest BCUT2D eigenvalue weighted by molar-refractivity contribution is 5.40. The first kappa shape index (κ1) is 17.3. The minimum Gasteiger partial charge on any atom is -0.497 e. The smallest absolute Gasteiger partial charge is 0.208 e. The molecule has 1 aromatic carbocycles. The molecule has 5 nitrogen and oxygen atoms in total. The summed E-state index contributed by atoms with van der Waals surface area (Å²) in [7, 11) is 3.35. The van der Waals surface area contributed by atoms with E-state index in [-0.39, 0.29) is 5.54 Å². The number of rotatable bonds is 6. The summed E-state index contributed by atoms with van der Waals surface area (Å²) in [6, 6.07) is 5.85. The van der Waals surface area contributed by atoms with Crippen LogP contribution in [0.3, 0.4) is 0 Å². The normalized spacial score (nSPS) is 11.8. The largest absolute Gasteiger partial charge is 0.497 e. The van der Waals surface area contributed by atoms with Gasteiger partial charge in [-0.2, -0.15) is 0 Å². The van der Waals surface area contributed by atoms with Crippen molar-refractivity contribution in [3.05, 3.63) is 41.6 Å². The predicted octanol–water partition coefficient (Wildman–Crippen LogP) is 3.80. The summed E-state index contributed by atoms with van der Waals surface area (Å²) in [6.45, 7) is 9.78. The number of nitrogens with zero attached hydrogens (tertiary/aromatic N) is 2. The van der Waals surface area contributed by atoms with Gasteiger partial charge in [0, 0.05) is 17.6 Å². The number of methoxy groups -OCH3 is 2. The molecule has 0 amide bonds. The standard InChI is InChI=1S/C18H26N2O3/c1-13-10-19-17(23-13)12-20(18(2,3)4)11-14-9-15(21-5)7-8-16(14)22-6/h7-10H,11-12H2,1-6H3. The van der Waals surface area contributed by atoms with Crippen LogP contribution in [-0.4, -0.2) is 29.6 Å². The highest BCUT2D eigenvalue weighted by Gasteiger charge is 2.24. The molecular weight excluding hydrogens is 292 g/mol. The number of ether oxygens (including phenoxy) is 2. The Kier molecular flexibility index (Phi) is 5.31. The van der Waals surface area contributed by atoms with Crippen molar-refractivity contribution >= 4 is 0 Å². The van der Waals surface area contributed by atoms with Crippen LogP contribution in [0, 0.1) is 6.92 Å². The third-order valence-electron chi connectivity index (χ3n) is 3.79. The Morgan fingerprint density at radius 2 is 1.87 bits per heavy atom. The van der Waals surface area contributed by atoms with Crippen LogP contribution in [-0.2, 0) is 13.1 Å². The van der Waals surface area contributed by atoms with Crippen LogP contribution < -0.4 is 9.47 Å². The molecule has 2 rings (SSSR count). The van der Waals surface area contributed by atoms with Gasteiger partial charge in [0.15, 0.2) is 0 Å². The zero-order valence-electron chi connectivity index (χ0n) is 14.8. The van der Waals surface area contributed by atoms with E-state index in [0.717, 1.165) is 28.7 Å². The first-order valence-electron chi connectivity index (χ1n) is 7.70. The Balaban J connectivity index is 2.27. The van der Waals surface area contributed by atoms with Crippen molar-refractivity contribution < 1.29 is 13.9 Å². The molecule has 0 unspecified atom stereocenters. The van der Waals surface area contributed by atoms with Gasteiger partial charge in [0.05, 0.1) is 27.0 Å². The fourth-order valence-corrected chi connectivity index (χ4v) is 2.38. The summed E-state index contributed by atoms with van der Waals surface area (Å²) < 4.78 is 16.5. The Bertz CT molecular complexity index is 644. The SMILES string of the molecule is COc1ccc(OC)c(CN(Cc2ncc(C)o2)C(C)(C)C)c1. The molecule has 0 aliphatic heterocycles. The lowest BCUT2D eigenvalue weighted by atomic mass is 10.0. The van der Waals surface area contributed by atoms with Crippen LogP contribution in [0.1, 0.15) is 38.0 Å². The second-order valence-electron chi connectivity index (χ2n) is 6.57. The van der Waals surface area contributed by atoms with E-state index >= 15 is 0 Å². The van der Waals surface area contributed by atoms with Crippen molar-refractivity contribution in [3.8, 4) is 11.5 Å². The van der Waals surface area contributed by atoms with Crippen LogP contribution >= 0.6 is 0 Å². The fourth-order valence-electron chi connectivity index (χ4n) is 2.38. The monoisotopic (exact) mass is 318 g/mol. The predicted molar refractivity (Wildman–Crippen MR) is 89.8 cm³/mol. The number of oxazole rings is 1. The first-order valence-corrected chi connectivity index (χ1v) is 7.70. The van der Waals surface area contributed by atoms with Crippen LogP contribution in [0.2, 0.25) is 0 Å². The van der Waals surface area contributed by atoms with E-state index in [2.05, 4.69) is 30.7 Å². The summed E-state index contributed by atoms with van der Waals surface area (Å²) in [5.41, 5.74) is 1.03. The molecule has 23 heavy (non-hydrogen) atoms. The van der Waals surface area contributed by atoms with E-state index in [9.17, 15) is 0 Å². The molecule has 1 heterocycles. The molecule has 2 aromatic rings. The van der Waals surface area contributed by atoms with Crippen molar-refractivity contribution in [3.63, 3.8) is 0 Å². The van der Waals surface area contributed by atoms with Crippen molar-refractivity contribution in [1.29, 1.82) is 0 Å². The van der Waals surface area contributed by atoms with E-state index in [1.165, 1.54) is 0 Å². The van der Waals surface area contributed by atoms with Crippen LogP contribution in [0.4, 0.5) is 0 Å². The van der Waals surface area contributed by atoms with Crippen molar-refractivity contribution in [2.75, 3.05) is 14.2 Å². The second kappa shape index (κ2) is 7.04. The molecule has 0 saturated carbocycles. The maximum absolute atomic E-state index is 5.64. The Morgan fingerprint density at radius 3 is 2.39 bits per heavy atom. The van der Waals surface area contributed by atoms with E-state index in [1.54, 1.807) is 20.4 Å². The molecule has 1 aromatic heterocycles. The van der Waals surface area contributed by atoms with Gasteiger partial charge in [-0.15, -0.1) is 0 Å².